The number of piperidine rings is 1. The second-order valence-electron chi connectivity index (χ2n) is 9.09. The minimum Gasteiger partial charge on any atom is -0.504 e. The lowest BCUT2D eigenvalue weighted by molar-refractivity contribution is 0.196. The number of benzene rings is 2. The number of aryl methyl sites for hydroxylation is 1. The van der Waals surface area contributed by atoms with E-state index in [1.807, 2.05) is 30.5 Å². The number of ether oxygens (including phenoxy) is 1. The summed E-state index contributed by atoms with van der Waals surface area (Å²) in [5, 5.41) is 10.6. The van der Waals surface area contributed by atoms with Crippen LogP contribution in [-0.4, -0.2) is 45.2 Å². The van der Waals surface area contributed by atoms with E-state index in [-0.39, 0.29) is 11.7 Å². The van der Waals surface area contributed by atoms with Gasteiger partial charge in [-0.15, -0.1) is 0 Å². The summed E-state index contributed by atoms with van der Waals surface area (Å²) in [4.78, 5) is 16.4. The lowest BCUT2D eigenvalue weighted by Crippen LogP contribution is -2.34. The summed E-state index contributed by atoms with van der Waals surface area (Å²) in [6, 6.07) is 18.0. The Morgan fingerprint density at radius 1 is 1.03 bits per heavy atom. The van der Waals surface area contributed by atoms with Gasteiger partial charge in [0, 0.05) is 54.3 Å². The molecule has 1 unspecified atom stereocenters. The van der Waals surface area contributed by atoms with Gasteiger partial charge in [-0.2, -0.15) is 0 Å². The van der Waals surface area contributed by atoms with E-state index in [0.717, 1.165) is 54.1 Å². The minimum atomic E-state index is 0.222. The Balaban J connectivity index is 1.50. The van der Waals surface area contributed by atoms with Crippen molar-refractivity contribution in [2.24, 2.45) is 0 Å². The van der Waals surface area contributed by atoms with Crippen molar-refractivity contribution in [2.45, 2.75) is 32.2 Å². The first-order valence-corrected chi connectivity index (χ1v) is 12.0. The van der Waals surface area contributed by atoms with Gasteiger partial charge in [0.1, 0.15) is 0 Å². The van der Waals surface area contributed by atoms with Gasteiger partial charge in [-0.1, -0.05) is 36.4 Å². The maximum absolute atomic E-state index is 10.6. The van der Waals surface area contributed by atoms with Gasteiger partial charge in [-0.25, -0.2) is 9.97 Å². The molecular formula is C29H30N4O2. The Morgan fingerprint density at radius 2 is 1.86 bits per heavy atom. The zero-order chi connectivity index (χ0) is 24.2. The predicted molar refractivity (Wildman–Crippen MR) is 137 cm³/mol. The van der Waals surface area contributed by atoms with Crippen LogP contribution in [0.3, 0.4) is 0 Å². The Morgan fingerprint density at radius 3 is 2.66 bits per heavy atom. The largest absolute Gasteiger partial charge is 0.504 e. The van der Waals surface area contributed by atoms with Crippen molar-refractivity contribution in [3.05, 3.63) is 90.0 Å². The molecule has 0 saturated carbocycles. The molecule has 178 valence electrons. The highest BCUT2D eigenvalue weighted by Crippen LogP contribution is 2.37. The van der Waals surface area contributed by atoms with Crippen molar-refractivity contribution in [1.29, 1.82) is 0 Å². The second-order valence-corrected chi connectivity index (χ2v) is 9.09. The molecular weight excluding hydrogens is 436 g/mol. The molecule has 3 heterocycles. The number of aromatic hydroxyl groups is 1. The van der Waals surface area contributed by atoms with E-state index in [4.69, 9.17) is 14.7 Å². The van der Waals surface area contributed by atoms with Gasteiger partial charge in [0.05, 0.1) is 12.8 Å². The van der Waals surface area contributed by atoms with Gasteiger partial charge in [0.25, 0.3) is 0 Å². The van der Waals surface area contributed by atoms with E-state index in [9.17, 15) is 5.11 Å². The third-order valence-electron chi connectivity index (χ3n) is 6.78. The van der Waals surface area contributed by atoms with Crippen molar-refractivity contribution < 1.29 is 9.84 Å². The topological polar surface area (TPSA) is 71.4 Å². The first kappa shape index (κ1) is 23.0. The molecule has 0 radical (unpaired) electrons. The van der Waals surface area contributed by atoms with E-state index < -0.39 is 0 Å². The number of aromatic nitrogens is 3. The van der Waals surface area contributed by atoms with Crippen LogP contribution in [0.1, 0.15) is 35.6 Å². The Bertz CT molecular complexity index is 1310. The third-order valence-corrected chi connectivity index (χ3v) is 6.78. The van der Waals surface area contributed by atoms with Gasteiger partial charge in [0.2, 0.25) is 0 Å². The monoisotopic (exact) mass is 466 g/mol. The summed E-state index contributed by atoms with van der Waals surface area (Å²) < 4.78 is 5.31. The average Bonchev–Trinajstić information content (AvgIpc) is 2.91. The molecule has 0 spiro atoms. The molecule has 1 saturated heterocycles. The zero-order valence-electron chi connectivity index (χ0n) is 20.2. The highest BCUT2D eigenvalue weighted by atomic mass is 16.5. The fraction of sp³-hybridized carbons (Fsp3) is 0.276. The van der Waals surface area contributed by atoms with Crippen molar-refractivity contribution in [1.82, 2.24) is 19.9 Å². The van der Waals surface area contributed by atoms with Crippen LogP contribution < -0.4 is 4.74 Å². The first-order chi connectivity index (χ1) is 17.1. The predicted octanol–water partition coefficient (Wildman–Crippen LogP) is 5.61. The van der Waals surface area contributed by atoms with Crippen LogP contribution in [0.2, 0.25) is 0 Å². The van der Waals surface area contributed by atoms with Crippen LogP contribution in [0.4, 0.5) is 0 Å². The molecule has 0 bridgehead atoms. The van der Waals surface area contributed by atoms with Crippen LogP contribution in [0.25, 0.3) is 22.5 Å². The second kappa shape index (κ2) is 10.2. The van der Waals surface area contributed by atoms with Crippen LogP contribution in [0, 0.1) is 6.92 Å². The summed E-state index contributed by atoms with van der Waals surface area (Å²) >= 11 is 0. The van der Waals surface area contributed by atoms with Crippen LogP contribution in [0.15, 0.2) is 73.2 Å². The summed E-state index contributed by atoms with van der Waals surface area (Å²) in [7, 11) is 1.58. The van der Waals surface area contributed by atoms with E-state index in [1.54, 1.807) is 25.6 Å². The minimum absolute atomic E-state index is 0.222. The molecule has 1 aliphatic heterocycles. The molecule has 4 aromatic rings. The molecule has 6 nitrogen and oxygen atoms in total. The summed E-state index contributed by atoms with van der Waals surface area (Å²) in [6.07, 6.45) is 7.66. The maximum Gasteiger partial charge on any atom is 0.162 e. The smallest absolute Gasteiger partial charge is 0.162 e. The maximum atomic E-state index is 10.6. The van der Waals surface area contributed by atoms with Crippen molar-refractivity contribution in [3.8, 4) is 34.0 Å². The molecule has 1 aliphatic rings. The quantitative estimate of drug-likeness (QED) is 0.398. The Labute approximate surface area is 206 Å². The molecule has 0 amide bonds. The fourth-order valence-electron chi connectivity index (χ4n) is 4.95. The average molecular weight is 467 g/mol. The third kappa shape index (κ3) is 4.88. The number of rotatable bonds is 6. The molecule has 1 fully saturated rings. The number of pyridine rings is 1. The number of phenols is 1. The number of nitrogens with zero attached hydrogens (tertiary/aromatic N) is 4. The number of phenolic OH excluding ortho intramolecular Hbond substituents is 1. The highest BCUT2D eigenvalue weighted by molar-refractivity contribution is 5.70. The first-order valence-electron chi connectivity index (χ1n) is 12.0. The number of methoxy groups -OCH3 is 1. The summed E-state index contributed by atoms with van der Waals surface area (Å²) in [5.74, 6) is 1.72. The Kier molecular flexibility index (Phi) is 6.73. The standard InChI is InChI=1S/C29H30N4O2/c1-20-7-3-4-10-24(20)25-17-31-29(21-12-14-30-15-13-21)32-27(25)22-9-6-16-33(18-22)19-23-8-5-11-26(35-2)28(23)34/h3-5,7-8,10-15,17,22,34H,6,9,16,18-19H2,1-2H3. The van der Waals surface area contributed by atoms with Gasteiger partial charge < -0.3 is 9.84 Å². The Hall–Kier alpha value is -3.77. The van der Waals surface area contributed by atoms with Gasteiger partial charge in [-0.05, 0) is 55.6 Å². The van der Waals surface area contributed by atoms with Crippen molar-refractivity contribution >= 4 is 0 Å². The van der Waals surface area contributed by atoms with Crippen molar-refractivity contribution in [3.63, 3.8) is 0 Å². The lowest BCUT2D eigenvalue weighted by atomic mass is 9.88. The number of hydrogen-bond acceptors (Lipinski definition) is 6. The van der Waals surface area contributed by atoms with E-state index in [2.05, 4.69) is 41.1 Å². The number of hydrogen-bond donors (Lipinski definition) is 1. The number of para-hydroxylation sites is 1. The normalized spacial score (nSPS) is 16.2. The zero-order valence-corrected chi connectivity index (χ0v) is 20.2. The molecule has 5 rings (SSSR count). The van der Waals surface area contributed by atoms with E-state index in [1.165, 1.54) is 11.1 Å². The molecule has 1 atom stereocenters. The fourth-order valence-corrected chi connectivity index (χ4v) is 4.95. The van der Waals surface area contributed by atoms with E-state index >= 15 is 0 Å². The molecule has 35 heavy (non-hydrogen) atoms. The van der Waals surface area contributed by atoms with Crippen molar-refractivity contribution in [2.75, 3.05) is 20.2 Å². The van der Waals surface area contributed by atoms with Crippen LogP contribution in [-0.2, 0) is 6.54 Å². The van der Waals surface area contributed by atoms with Crippen LogP contribution in [0.5, 0.6) is 11.5 Å². The molecule has 2 aromatic heterocycles. The number of likely N-dealkylation sites (tertiary alicyclic amines) is 1. The summed E-state index contributed by atoms with van der Waals surface area (Å²) in [6.45, 7) is 4.65. The lowest BCUT2D eigenvalue weighted by Gasteiger charge is -2.33. The van der Waals surface area contributed by atoms with Gasteiger partial charge >= 0.3 is 0 Å². The van der Waals surface area contributed by atoms with Crippen LogP contribution >= 0.6 is 0 Å². The van der Waals surface area contributed by atoms with Gasteiger partial charge in [-0.3, -0.25) is 9.88 Å². The highest BCUT2D eigenvalue weighted by Gasteiger charge is 2.27. The molecule has 2 aromatic carbocycles. The summed E-state index contributed by atoms with van der Waals surface area (Å²) in [5.41, 5.74) is 6.41. The SMILES string of the molecule is COc1cccc(CN2CCCC(c3nc(-c4ccncc4)ncc3-c3ccccc3C)C2)c1O. The molecule has 6 heteroatoms. The molecule has 1 N–H and O–H groups in total. The van der Waals surface area contributed by atoms with Gasteiger partial charge in [0.15, 0.2) is 17.3 Å². The molecule has 0 aliphatic carbocycles. The van der Waals surface area contributed by atoms with E-state index in [0.29, 0.717) is 12.3 Å².